The van der Waals surface area contributed by atoms with E-state index in [-0.39, 0.29) is 17.7 Å². The molecule has 21 heavy (non-hydrogen) atoms. The molecule has 3 nitrogen and oxygen atoms in total. The molecular weight excluding hydrogens is 262 g/mol. The van der Waals surface area contributed by atoms with Crippen molar-refractivity contribution >= 4 is 11.7 Å². The van der Waals surface area contributed by atoms with Gasteiger partial charge in [0.2, 0.25) is 5.91 Å². The van der Waals surface area contributed by atoms with Crippen LogP contribution >= 0.6 is 0 Å². The van der Waals surface area contributed by atoms with Gasteiger partial charge in [0.15, 0.2) is 5.78 Å². The molecular formula is C18H29NO2. The first kappa shape index (κ1) is 17.7. The van der Waals surface area contributed by atoms with Gasteiger partial charge < -0.3 is 5.32 Å². The van der Waals surface area contributed by atoms with Crippen LogP contribution in [0.4, 0.5) is 0 Å². The summed E-state index contributed by atoms with van der Waals surface area (Å²) in [4.78, 5) is 23.6. The lowest BCUT2D eigenvalue weighted by Gasteiger charge is -2.23. The second-order valence-corrected chi connectivity index (χ2v) is 6.00. The highest BCUT2D eigenvalue weighted by molar-refractivity contribution is 5.91. The van der Waals surface area contributed by atoms with E-state index in [1.54, 1.807) is 0 Å². The molecule has 0 spiro atoms. The maximum Gasteiger partial charge on any atom is 0.220 e. The summed E-state index contributed by atoms with van der Waals surface area (Å²) < 4.78 is 0. The zero-order chi connectivity index (χ0) is 15.5. The SMILES string of the molecule is C=CCCCCCCCCC(=O)NC1CCC(=C)CC1=O. The Morgan fingerprint density at radius 1 is 1.19 bits per heavy atom. The molecule has 1 aliphatic carbocycles. The topological polar surface area (TPSA) is 46.2 Å². The monoisotopic (exact) mass is 291 g/mol. The molecule has 0 saturated heterocycles. The minimum atomic E-state index is -0.276. The lowest BCUT2D eigenvalue weighted by atomic mass is 9.90. The highest BCUT2D eigenvalue weighted by atomic mass is 16.2. The van der Waals surface area contributed by atoms with Crippen LogP contribution in [0.1, 0.15) is 70.6 Å². The summed E-state index contributed by atoms with van der Waals surface area (Å²) in [6.07, 6.45) is 12.5. The lowest BCUT2D eigenvalue weighted by Crippen LogP contribution is -2.42. The van der Waals surface area contributed by atoms with E-state index < -0.39 is 0 Å². The molecule has 0 aliphatic heterocycles. The van der Waals surface area contributed by atoms with E-state index in [4.69, 9.17) is 0 Å². The number of unbranched alkanes of at least 4 members (excludes halogenated alkanes) is 6. The molecule has 1 atom stereocenters. The third-order valence-corrected chi connectivity index (χ3v) is 4.00. The van der Waals surface area contributed by atoms with Gasteiger partial charge in [-0.1, -0.05) is 43.9 Å². The first-order valence-corrected chi connectivity index (χ1v) is 8.23. The highest BCUT2D eigenvalue weighted by Gasteiger charge is 2.25. The van der Waals surface area contributed by atoms with Crippen LogP contribution in [0.2, 0.25) is 0 Å². The number of ketones is 1. The molecule has 1 unspecified atom stereocenters. The van der Waals surface area contributed by atoms with Gasteiger partial charge in [-0.05, 0) is 32.1 Å². The number of rotatable bonds is 10. The van der Waals surface area contributed by atoms with Crippen LogP contribution in [-0.2, 0) is 9.59 Å². The molecule has 118 valence electrons. The number of allylic oxidation sites excluding steroid dienone is 2. The van der Waals surface area contributed by atoms with Gasteiger partial charge in [0, 0.05) is 12.8 Å². The van der Waals surface area contributed by atoms with Gasteiger partial charge in [-0.15, -0.1) is 6.58 Å². The van der Waals surface area contributed by atoms with Gasteiger partial charge in [-0.2, -0.15) is 0 Å². The number of carbonyl (C=O) groups is 2. The molecule has 1 aliphatic rings. The van der Waals surface area contributed by atoms with Crippen molar-refractivity contribution in [3.8, 4) is 0 Å². The molecule has 0 aromatic rings. The molecule has 0 aromatic heterocycles. The van der Waals surface area contributed by atoms with Gasteiger partial charge in [0.1, 0.15) is 0 Å². The van der Waals surface area contributed by atoms with E-state index in [0.717, 1.165) is 31.3 Å². The largest absolute Gasteiger partial charge is 0.346 e. The number of hydrogen-bond acceptors (Lipinski definition) is 2. The Hall–Kier alpha value is -1.38. The minimum absolute atomic E-state index is 0.0209. The van der Waals surface area contributed by atoms with Crippen LogP contribution < -0.4 is 5.32 Å². The lowest BCUT2D eigenvalue weighted by molar-refractivity contribution is -0.128. The quantitative estimate of drug-likeness (QED) is 0.487. The second-order valence-electron chi connectivity index (χ2n) is 6.00. The molecule has 1 fully saturated rings. The third kappa shape index (κ3) is 7.84. The Labute approximate surface area is 128 Å². The predicted octanol–water partition coefficient (Wildman–Crippen LogP) is 4.09. The molecule has 1 rings (SSSR count). The molecule has 1 saturated carbocycles. The number of nitrogens with one attached hydrogen (secondary N) is 1. The van der Waals surface area contributed by atoms with Crippen molar-refractivity contribution in [2.24, 2.45) is 0 Å². The molecule has 0 heterocycles. The van der Waals surface area contributed by atoms with E-state index in [1.807, 2.05) is 6.08 Å². The summed E-state index contributed by atoms with van der Waals surface area (Å²) in [7, 11) is 0. The van der Waals surface area contributed by atoms with Crippen LogP contribution in [0.15, 0.2) is 24.8 Å². The average molecular weight is 291 g/mol. The van der Waals surface area contributed by atoms with E-state index in [9.17, 15) is 9.59 Å². The molecule has 1 N–H and O–H groups in total. The summed E-state index contributed by atoms with van der Waals surface area (Å²) >= 11 is 0. The summed E-state index contributed by atoms with van der Waals surface area (Å²) in [5.74, 6) is 0.134. The Morgan fingerprint density at radius 2 is 1.86 bits per heavy atom. The van der Waals surface area contributed by atoms with Crippen LogP contribution in [0.25, 0.3) is 0 Å². The normalized spacial score (nSPS) is 18.6. The van der Waals surface area contributed by atoms with Crippen molar-refractivity contribution in [2.75, 3.05) is 0 Å². The van der Waals surface area contributed by atoms with E-state index in [0.29, 0.717) is 19.3 Å². The molecule has 0 aromatic carbocycles. The number of hydrogen-bond donors (Lipinski definition) is 1. The van der Waals surface area contributed by atoms with Crippen LogP contribution in [-0.4, -0.2) is 17.7 Å². The van der Waals surface area contributed by atoms with Crippen LogP contribution in [0.5, 0.6) is 0 Å². The fourth-order valence-electron chi connectivity index (χ4n) is 2.67. The Morgan fingerprint density at radius 3 is 2.52 bits per heavy atom. The van der Waals surface area contributed by atoms with Crippen molar-refractivity contribution in [2.45, 2.75) is 76.7 Å². The van der Waals surface area contributed by atoms with Crippen molar-refractivity contribution < 1.29 is 9.59 Å². The predicted molar refractivity (Wildman–Crippen MR) is 87.1 cm³/mol. The van der Waals surface area contributed by atoms with Crippen molar-refractivity contribution in [1.82, 2.24) is 5.32 Å². The fraction of sp³-hybridized carbons (Fsp3) is 0.667. The minimum Gasteiger partial charge on any atom is -0.346 e. The summed E-state index contributed by atoms with van der Waals surface area (Å²) in [5, 5.41) is 2.87. The first-order valence-electron chi connectivity index (χ1n) is 8.23. The van der Waals surface area contributed by atoms with E-state index >= 15 is 0 Å². The van der Waals surface area contributed by atoms with Gasteiger partial charge in [-0.3, -0.25) is 9.59 Å². The summed E-state index contributed by atoms with van der Waals surface area (Å²) in [6.45, 7) is 7.55. The first-order chi connectivity index (χ1) is 10.1. The Kier molecular flexibility index (Phi) is 8.72. The molecule has 1 amide bonds. The van der Waals surface area contributed by atoms with Gasteiger partial charge >= 0.3 is 0 Å². The molecule has 3 heteroatoms. The number of Topliss-reactive ketones (excluding diaryl/α,β-unsaturated/α-hetero) is 1. The van der Waals surface area contributed by atoms with E-state index in [2.05, 4.69) is 18.5 Å². The van der Waals surface area contributed by atoms with Gasteiger partial charge in [0.25, 0.3) is 0 Å². The molecule has 0 bridgehead atoms. The average Bonchev–Trinajstić information content (AvgIpc) is 2.45. The number of amides is 1. The third-order valence-electron chi connectivity index (χ3n) is 4.00. The van der Waals surface area contributed by atoms with Crippen molar-refractivity contribution in [3.05, 3.63) is 24.8 Å². The summed E-state index contributed by atoms with van der Waals surface area (Å²) in [5.41, 5.74) is 0.988. The van der Waals surface area contributed by atoms with Crippen molar-refractivity contribution in [3.63, 3.8) is 0 Å². The maximum absolute atomic E-state index is 11.8. The fourth-order valence-corrected chi connectivity index (χ4v) is 2.67. The Balaban J connectivity index is 2.02. The highest BCUT2D eigenvalue weighted by Crippen LogP contribution is 2.19. The van der Waals surface area contributed by atoms with Gasteiger partial charge in [-0.25, -0.2) is 0 Å². The van der Waals surface area contributed by atoms with E-state index in [1.165, 1.54) is 25.7 Å². The second kappa shape index (κ2) is 10.4. The maximum atomic E-state index is 11.8. The standard InChI is InChI=1S/C18H29NO2/c1-3-4-5-6-7-8-9-10-11-18(21)19-16-13-12-15(2)14-17(16)20/h3,16H,1-2,4-14H2,(H,19,21). The zero-order valence-electron chi connectivity index (χ0n) is 13.2. The smallest absolute Gasteiger partial charge is 0.220 e. The summed E-state index contributed by atoms with van der Waals surface area (Å²) in [6, 6.07) is -0.276. The van der Waals surface area contributed by atoms with Gasteiger partial charge in [0.05, 0.1) is 6.04 Å². The number of carbonyl (C=O) groups excluding carboxylic acids is 2. The Bertz CT molecular complexity index is 373. The van der Waals surface area contributed by atoms with Crippen molar-refractivity contribution in [1.29, 1.82) is 0 Å². The van der Waals surface area contributed by atoms with Crippen LogP contribution in [0.3, 0.4) is 0 Å². The molecule has 0 radical (unpaired) electrons. The van der Waals surface area contributed by atoms with Crippen LogP contribution in [0, 0.1) is 0 Å². The zero-order valence-corrected chi connectivity index (χ0v) is 13.2.